The summed E-state index contributed by atoms with van der Waals surface area (Å²) in [5.41, 5.74) is 0. The van der Waals surface area contributed by atoms with Crippen LogP contribution in [0.25, 0.3) is 0 Å². The first-order valence-corrected chi connectivity index (χ1v) is 5.59. The van der Waals surface area contributed by atoms with Crippen molar-refractivity contribution in [3.63, 3.8) is 0 Å². The lowest BCUT2D eigenvalue weighted by Crippen LogP contribution is -2.34. The predicted molar refractivity (Wildman–Crippen MR) is 44.6 cm³/mol. The third-order valence-electron chi connectivity index (χ3n) is 1.37. The van der Waals surface area contributed by atoms with E-state index in [0.717, 1.165) is 19.5 Å². The third-order valence-corrected chi connectivity index (χ3v) is 2.16. The van der Waals surface area contributed by atoms with E-state index in [2.05, 4.69) is 10.3 Å². The lowest BCUT2D eigenvalue weighted by atomic mass is 10.4. The Hall–Kier alpha value is -0.580. The zero-order valence-electron chi connectivity index (χ0n) is 6.50. The molecule has 0 aromatic carbocycles. The zero-order valence-corrected chi connectivity index (χ0v) is 7.32. The van der Waals surface area contributed by atoms with Crippen LogP contribution in [0.3, 0.4) is 0 Å². The highest BCUT2D eigenvalue weighted by Gasteiger charge is 2.10. The lowest BCUT2D eigenvalue weighted by molar-refractivity contribution is 0.604. The predicted octanol–water partition coefficient (Wildman–Crippen LogP) is -0.577. The van der Waals surface area contributed by atoms with Gasteiger partial charge in [0.05, 0.1) is 0 Å². The summed E-state index contributed by atoms with van der Waals surface area (Å²) in [4.78, 5) is 4.04. The van der Waals surface area contributed by atoms with Crippen molar-refractivity contribution in [2.75, 3.05) is 25.1 Å². The molecule has 64 valence electrons. The molecule has 0 radical (unpaired) electrons. The fourth-order valence-electron chi connectivity index (χ4n) is 0.927. The maximum Gasteiger partial charge on any atom is 0.154 e. The van der Waals surface area contributed by atoms with E-state index in [1.807, 2.05) is 0 Å². The van der Waals surface area contributed by atoms with Gasteiger partial charge in [0.25, 0.3) is 0 Å². The molecule has 0 unspecified atom stereocenters. The van der Waals surface area contributed by atoms with Crippen LogP contribution < -0.4 is 5.32 Å². The summed E-state index contributed by atoms with van der Waals surface area (Å²) in [6.45, 7) is 1.59. The van der Waals surface area contributed by atoms with Crippen LogP contribution in [0.1, 0.15) is 6.42 Å². The molecule has 5 heteroatoms. The van der Waals surface area contributed by atoms with Gasteiger partial charge in [0.15, 0.2) is 9.84 Å². The molecule has 0 atom stereocenters. The van der Waals surface area contributed by atoms with E-state index >= 15 is 0 Å². The molecule has 0 fully saturated rings. The van der Waals surface area contributed by atoms with Crippen molar-refractivity contribution in [1.82, 2.24) is 5.32 Å². The summed E-state index contributed by atoms with van der Waals surface area (Å²) in [5.74, 6) is 0.659. The number of aliphatic imine (C=N–C) groups is 1. The summed E-state index contributed by atoms with van der Waals surface area (Å²) in [6.07, 6.45) is 2.21. The minimum atomic E-state index is -2.92. The number of nitrogens with one attached hydrogen (secondary N) is 1. The molecule has 4 nitrogen and oxygen atoms in total. The molecule has 1 N–H and O–H groups in total. The van der Waals surface area contributed by atoms with Gasteiger partial charge in [-0.1, -0.05) is 0 Å². The minimum absolute atomic E-state index is 0.0486. The van der Waals surface area contributed by atoms with Gasteiger partial charge in [-0.3, -0.25) is 4.99 Å². The Kier molecular flexibility index (Phi) is 2.49. The highest BCUT2D eigenvalue weighted by atomic mass is 32.2. The van der Waals surface area contributed by atoms with Crippen molar-refractivity contribution in [2.24, 2.45) is 4.99 Å². The maximum atomic E-state index is 10.8. The largest absolute Gasteiger partial charge is 0.373 e. The summed E-state index contributed by atoms with van der Waals surface area (Å²) in [7, 11) is -2.92. The molecule has 0 aromatic rings. The summed E-state index contributed by atoms with van der Waals surface area (Å²) in [5, 5.41) is 2.95. The van der Waals surface area contributed by atoms with Crippen LogP contribution in [0.5, 0.6) is 0 Å². The monoisotopic (exact) mass is 176 g/mol. The first kappa shape index (κ1) is 8.52. The van der Waals surface area contributed by atoms with Gasteiger partial charge in [-0.15, -0.1) is 0 Å². The number of rotatable bonds is 2. The lowest BCUT2D eigenvalue weighted by Gasteiger charge is -2.12. The minimum Gasteiger partial charge on any atom is -0.373 e. The summed E-state index contributed by atoms with van der Waals surface area (Å²) < 4.78 is 21.6. The second kappa shape index (κ2) is 3.21. The van der Waals surface area contributed by atoms with Gasteiger partial charge < -0.3 is 5.32 Å². The van der Waals surface area contributed by atoms with Gasteiger partial charge in [-0.25, -0.2) is 8.42 Å². The normalized spacial score (nSPS) is 18.8. The van der Waals surface area contributed by atoms with E-state index in [1.54, 1.807) is 0 Å². The summed E-state index contributed by atoms with van der Waals surface area (Å²) in [6, 6.07) is 0. The average molecular weight is 176 g/mol. The Morgan fingerprint density at radius 3 is 2.82 bits per heavy atom. The molecule has 11 heavy (non-hydrogen) atoms. The second-order valence-electron chi connectivity index (χ2n) is 2.68. The van der Waals surface area contributed by atoms with Crippen LogP contribution in [0.2, 0.25) is 0 Å². The van der Waals surface area contributed by atoms with Crippen molar-refractivity contribution in [3.05, 3.63) is 0 Å². The van der Waals surface area contributed by atoms with Crippen molar-refractivity contribution in [2.45, 2.75) is 6.42 Å². The molecule has 0 spiro atoms. The molecule has 0 aromatic heterocycles. The highest BCUT2D eigenvalue weighted by Crippen LogP contribution is 1.92. The van der Waals surface area contributed by atoms with Crippen molar-refractivity contribution in [3.8, 4) is 0 Å². The van der Waals surface area contributed by atoms with E-state index < -0.39 is 9.84 Å². The Balaban J connectivity index is 2.55. The smallest absolute Gasteiger partial charge is 0.154 e. The van der Waals surface area contributed by atoms with Gasteiger partial charge in [-0.2, -0.15) is 0 Å². The topological polar surface area (TPSA) is 58.5 Å². The molecule has 0 bridgehead atoms. The van der Waals surface area contributed by atoms with Gasteiger partial charge in [-0.05, 0) is 6.42 Å². The summed E-state index contributed by atoms with van der Waals surface area (Å²) >= 11 is 0. The Labute approximate surface area is 66.6 Å². The van der Waals surface area contributed by atoms with Gasteiger partial charge in [0.1, 0.15) is 11.6 Å². The average Bonchev–Trinajstić information content (AvgIpc) is 1.85. The standard InChI is InChI=1S/C6H12N2O2S/c1-11(9,10)5-6-7-3-2-4-8-6/h2-5H2,1H3,(H,7,8). The number of sulfone groups is 1. The molecule has 1 rings (SSSR count). The van der Waals surface area contributed by atoms with Gasteiger partial charge >= 0.3 is 0 Å². The molecule has 1 aliphatic rings. The van der Waals surface area contributed by atoms with Crippen LogP contribution in [0.15, 0.2) is 4.99 Å². The SMILES string of the molecule is CS(=O)(=O)CC1=NCCCN1. The highest BCUT2D eigenvalue weighted by molar-refractivity contribution is 7.91. The first-order chi connectivity index (χ1) is 5.08. The maximum absolute atomic E-state index is 10.8. The Morgan fingerprint density at radius 2 is 2.36 bits per heavy atom. The van der Waals surface area contributed by atoms with Crippen molar-refractivity contribution < 1.29 is 8.42 Å². The van der Waals surface area contributed by atoms with E-state index in [9.17, 15) is 8.42 Å². The molecule has 0 saturated heterocycles. The van der Waals surface area contributed by atoms with E-state index in [0.29, 0.717) is 5.84 Å². The zero-order chi connectivity index (χ0) is 8.32. The van der Waals surface area contributed by atoms with Crippen LogP contribution in [0, 0.1) is 0 Å². The van der Waals surface area contributed by atoms with Crippen LogP contribution >= 0.6 is 0 Å². The van der Waals surface area contributed by atoms with Gasteiger partial charge in [0, 0.05) is 19.3 Å². The van der Waals surface area contributed by atoms with Gasteiger partial charge in [0.2, 0.25) is 0 Å². The second-order valence-corrected chi connectivity index (χ2v) is 4.82. The molecular formula is C6H12N2O2S. The number of hydrogen-bond donors (Lipinski definition) is 1. The molecule has 0 amide bonds. The van der Waals surface area contributed by atoms with Crippen LogP contribution in [-0.2, 0) is 9.84 Å². The fourth-order valence-corrected chi connectivity index (χ4v) is 1.62. The molecule has 1 heterocycles. The Morgan fingerprint density at radius 1 is 1.64 bits per heavy atom. The number of nitrogens with zero attached hydrogens (tertiary/aromatic N) is 1. The number of hydrogen-bond acceptors (Lipinski definition) is 4. The molecule has 0 aliphatic carbocycles. The quantitative estimate of drug-likeness (QED) is 0.612. The molecule has 0 saturated carbocycles. The van der Waals surface area contributed by atoms with Crippen LogP contribution in [0.4, 0.5) is 0 Å². The number of amidine groups is 1. The van der Waals surface area contributed by atoms with Crippen molar-refractivity contribution in [1.29, 1.82) is 0 Å². The van der Waals surface area contributed by atoms with Crippen molar-refractivity contribution >= 4 is 15.7 Å². The molecule has 1 aliphatic heterocycles. The van der Waals surface area contributed by atoms with Crippen LogP contribution in [-0.4, -0.2) is 39.4 Å². The van der Waals surface area contributed by atoms with E-state index in [-0.39, 0.29) is 5.75 Å². The molecular weight excluding hydrogens is 164 g/mol. The fraction of sp³-hybridized carbons (Fsp3) is 0.833. The third kappa shape index (κ3) is 3.36. The Bertz CT molecular complexity index is 256. The van der Waals surface area contributed by atoms with E-state index in [4.69, 9.17) is 0 Å². The first-order valence-electron chi connectivity index (χ1n) is 3.53. The van der Waals surface area contributed by atoms with E-state index in [1.165, 1.54) is 6.26 Å².